The molecule has 2 N–H and O–H groups in total. The fourth-order valence-corrected chi connectivity index (χ4v) is 5.44. The number of hydrogen-bond donors (Lipinski definition) is 2. The van der Waals surface area contributed by atoms with Crippen LogP contribution in [0.5, 0.6) is 0 Å². The summed E-state index contributed by atoms with van der Waals surface area (Å²) in [6, 6.07) is 3.97. The smallest absolute Gasteiger partial charge is 0.391 e. The van der Waals surface area contributed by atoms with Crippen LogP contribution in [0.15, 0.2) is 58.5 Å². The van der Waals surface area contributed by atoms with Gasteiger partial charge in [0.1, 0.15) is 17.7 Å². The summed E-state index contributed by atoms with van der Waals surface area (Å²) in [5, 5.41) is 12.3. The number of carbonyl (C=O) groups is 2. The van der Waals surface area contributed by atoms with Crippen molar-refractivity contribution < 1.29 is 37.0 Å². The largest absolute Gasteiger partial charge is 0.480 e. The number of halogens is 4. The number of nitrogens with one attached hydrogen (secondary N) is 1. The molecular formula is C30H28F4N6O6. The van der Waals surface area contributed by atoms with E-state index in [4.69, 9.17) is 4.74 Å². The van der Waals surface area contributed by atoms with E-state index in [2.05, 4.69) is 15.3 Å². The Labute approximate surface area is 257 Å². The molecule has 5 rings (SSSR count). The molecule has 0 aliphatic carbocycles. The maximum absolute atomic E-state index is 15.3. The lowest BCUT2D eigenvalue weighted by molar-refractivity contribution is -0.143. The van der Waals surface area contributed by atoms with Crippen molar-refractivity contribution in [3.05, 3.63) is 92.3 Å². The number of fused-ring (bicyclic) bond motifs is 1. The van der Waals surface area contributed by atoms with Crippen molar-refractivity contribution in [1.82, 2.24) is 24.4 Å². The third-order valence-electron chi connectivity index (χ3n) is 7.68. The molecule has 1 aliphatic heterocycles. The van der Waals surface area contributed by atoms with E-state index < -0.39 is 59.2 Å². The Morgan fingerprint density at radius 3 is 2.59 bits per heavy atom. The lowest BCUT2D eigenvalue weighted by Crippen LogP contribution is -2.47. The summed E-state index contributed by atoms with van der Waals surface area (Å²) in [4.78, 5) is 60.5. The normalized spacial score (nSPS) is 16.0. The maximum atomic E-state index is 15.3. The van der Waals surface area contributed by atoms with Gasteiger partial charge in [-0.1, -0.05) is 6.07 Å². The van der Waals surface area contributed by atoms with Crippen molar-refractivity contribution >= 4 is 28.5 Å². The Balaban J connectivity index is 1.35. The van der Waals surface area contributed by atoms with Gasteiger partial charge >= 0.3 is 17.8 Å². The molecule has 1 aliphatic rings. The number of aryl methyl sites for hydroxylation is 2. The number of nitrogens with zero attached hydrogens (tertiary/aromatic N) is 5. The van der Waals surface area contributed by atoms with Crippen LogP contribution in [-0.2, 0) is 23.0 Å². The zero-order chi connectivity index (χ0) is 33.3. The van der Waals surface area contributed by atoms with E-state index in [1.807, 2.05) is 0 Å². The minimum absolute atomic E-state index is 0.0144. The van der Waals surface area contributed by atoms with E-state index >= 15 is 4.39 Å². The molecule has 1 amide bonds. The summed E-state index contributed by atoms with van der Waals surface area (Å²) in [5.74, 6) is -3.51. The number of pyridine rings is 2. The van der Waals surface area contributed by atoms with Crippen LogP contribution in [0.4, 0.5) is 23.2 Å². The van der Waals surface area contributed by atoms with Gasteiger partial charge in [-0.3, -0.25) is 19.1 Å². The van der Waals surface area contributed by atoms with Crippen LogP contribution in [0.1, 0.15) is 27.9 Å². The highest BCUT2D eigenvalue weighted by Gasteiger charge is 2.37. The number of rotatable bonds is 8. The molecule has 4 aromatic rings. The molecule has 1 fully saturated rings. The SMILES string of the molecule is Cc1cc(N2CCOC[C@@H]2CC(F)(F)F)cc(F)c1C(=O)N[C@@H](Cc1ccc(-n2c(=O)c3ccncc3n(C)c2=O)nc1)C(=O)O. The summed E-state index contributed by atoms with van der Waals surface area (Å²) >= 11 is 0. The number of anilines is 1. The second-order valence-corrected chi connectivity index (χ2v) is 10.8. The Kier molecular flexibility index (Phi) is 8.92. The van der Waals surface area contributed by atoms with Gasteiger partial charge in [0.05, 0.1) is 48.3 Å². The van der Waals surface area contributed by atoms with Crippen molar-refractivity contribution in [2.45, 2.75) is 38.0 Å². The highest BCUT2D eigenvalue weighted by atomic mass is 19.4. The van der Waals surface area contributed by atoms with Crippen molar-refractivity contribution in [3.8, 4) is 5.82 Å². The molecule has 3 aromatic heterocycles. The van der Waals surface area contributed by atoms with Crippen molar-refractivity contribution in [1.29, 1.82) is 0 Å². The summed E-state index contributed by atoms with van der Waals surface area (Å²) in [6.45, 7) is 1.42. The average Bonchev–Trinajstić information content (AvgIpc) is 2.99. The van der Waals surface area contributed by atoms with Crippen molar-refractivity contribution in [3.63, 3.8) is 0 Å². The zero-order valence-electron chi connectivity index (χ0n) is 24.5. The van der Waals surface area contributed by atoms with Gasteiger partial charge in [0.15, 0.2) is 0 Å². The second-order valence-electron chi connectivity index (χ2n) is 10.8. The molecule has 16 heteroatoms. The monoisotopic (exact) mass is 644 g/mol. The summed E-state index contributed by atoms with van der Waals surface area (Å²) in [5.41, 5.74) is -0.856. The van der Waals surface area contributed by atoms with E-state index in [9.17, 15) is 37.5 Å². The number of morpholine rings is 1. The lowest BCUT2D eigenvalue weighted by Gasteiger charge is -2.38. The molecule has 2 atom stereocenters. The van der Waals surface area contributed by atoms with Gasteiger partial charge in [-0.15, -0.1) is 0 Å². The van der Waals surface area contributed by atoms with Crippen LogP contribution >= 0.6 is 0 Å². The van der Waals surface area contributed by atoms with E-state index in [-0.39, 0.29) is 48.6 Å². The number of aromatic nitrogens is 4. The Morgan fingerprint density at radius 2 is 1.93 bits per heavy atom. The minimum atomic E-state index is -4.47. The molecular weight excluding hydrogens is 616 g/mol. The highest BCUT2D eigenvalue weighted by Crippen LogP contribution is 2.31. The standard InChI is InChI=1S/C30H28F4N6O6/c1-16-9-18(39-7-8-46-15-19(39)12-30(32,33)34)11-21(31)25(16)26(41)37-22(28(43)44)10-17-3-4-24(36-13-17)40-27(42)20-5-6-35-14-23(20)38(2)29(40)45/h3-6,9,11,13-14,19,22H,7-8,10,12,15H2,1-2H3,(H,37,41)(H,43,44)/t19-,22-/m0/s1. The van der Waals surface area contributed by atoms with Gasteiger partial charge in [0.2, 0.25) is 0 Å². The summed E-state index contributed by atoms with van der Waals surface area (Å²) < 4.78 is 61.9. The highest BCUT2D eigenvalue weighted by molar-refractivity contribution is 5.98. The number of alkyl halides is 3. The minimum Gasteiger partial charge on any atom is -0.480 e. The van der Waals surface area contributed by atoms with Gasteiger partial charge in [-0.05, 0) is 42.3 Å². The third kappa shape index (κ3) is 6.61. The molecule has 1 aromatic carbocycles. The molecule has 46 heavy (non-hydrogen) atoms. The molecule has 0 saturated carbocycles. The van der Waals surface area contributed by atoms with Gasteiger partial charge in [0, 0.05) is 38.1 Å². The number of hydrogen-bond acceptors (Lipinski definition) is 8. The molecule has 1 saturated heterocycles. The van der Waals surface area contributed by atoms with Crippen LogP contribution < -0.4 is 21.5 Å². The first kappa shape index (κ1) is 32.3. The molecule has 0 bridgehead atoms. The fourth-order valence-electron chi connectivity index (χ4n) is 5.44. The first-order valence-electron chi connectivity index (χ1n) is 14.0. The van der Waals surface area contributed by atoms with Gasteiger partial charge < -0.3 is 20.1 Å². The molecule has 12 nitrogen and oxygen atoms in total. The number of benzene rings is 1. The number of carboxylic acid groups (broad SMARTS) is 1. The Bertz CT molecular complexity index is 1900. The quantitative estimate of drug-likeness (QED) is 0.276. The Morgan fingerprint density at radius 1 is 1.17 bits per heavy atom. The third-order valence-corrected chi connectivity index (χ3v) is 7.68. The van der Waals surface area contributed by atoms with Crippen LogP contribution in [0, 0.1) is 12.7 Å². The number of carbonyl (C=O) groups excluding carboxylic acids is 1. The predicted molar refractivity (Wildman–Crippen MR) is 157 cm³/mol. The molecule has 0 radical (unpaired) electrons. The molecule has 0 spiro atoms. The van der Waals surface area contributed by atoms with Crippen LogP contribution in [0.25, 0.3) is 16.7 Å². The fraction of sp³-hybridized carbons (Fsp3) is 0.333. The number of carboxylic acids is 1. The predicted octanol–water partition coefficient (Wildman–Crippen LogP) is 2.51. The second kappa shape index (κ2) is 12.7. The molecule has 4 heterocycles. The Hall–Kier alpha value is -5.12. The van der Waals surface area contributed by atoms with Crippen LogP contribution in [-0.4, -0.2) is 74.1 Å². The zero-order valence-corrected chi connectivity index (χ0v) is 24.5. The first-order chi connectivity index (χ1) is 21.7. The number of aliphatic carboxylic acids is 1. The van der Waals surface area contributed by atoms with E-state index in [1.54, 1.807) is 0 Å². The number of amides is 1. The van der Waals surface area contributed by atoms with Crippen LogP contribution in [0.2, 0.25) is 0 Å². The lowest BCUT2D eigenvalue weighted by atomic mass is 10.0. The summed E-state index contributed by atoms with van der Waals surface area (Å²) in [7, 11) is 1.47. The molecule has 242 valence electrons. The van der Waals surface area contributed by atoms with Crippen molar-refractivity contribution in [2.24, 2.45) is 7.05 Å². The topological polar surface area (TPSA) is 149 Å². The van der Waals surface area contributed by atoms with E-state index in [0.29, 0.717) is 11.1 Å². The summed E-state index contributed by atoms with van der Waals surface area (Å²) in [6.07, 6.45) is -1.87. The first-order valence-corrected chi connectivity index (χ1v) is 14.0. The molecule has 0 unspecified atom stereocenters. The van der Waals surface area contributed by atoms with Crippen molar-refractivity contribution in [2.75, 3.05) is 24.7 Å². The van der Waals surface area contributed by atoms with E-state index in [1.165, 1.54) is 66.3 Å². The van der Waals surface area contributed by atoms with E-state index in [0.717, 1.165) is 10.6 Å². The van der Waals surface area contributed by atoms with Gasteiger partial charge in [-0.25, -0.2) is 23.5 Å². The average molecular weight is 645 g/mol. The maximum Gasteiger partial charge on any atom is 0.391 e. The number of ether oxygens (including phenoxy) is 1. The van der Waals surface area contributed by atoms with Crippen LogP contribution in [0.3, 0.4) is 0 Å². The van der Waals surface area contributed by atoms with Gasteiger partial charge in [-0.2, -0.15) is 13.2 Å². The van der Waals surface area contributed by atoms with Gasteiger partial charge in [0.25, 0.3) is 11.5 Å².